The molecule has 6 heteroatoms. The van der Waals surface area contributed by atoms with Gasteiger partial charge in [0.25, 0.3) is 5.91 Å². The summed E-state index contributed by atoms with van der Waals surface area (Å²) in [7, 11) is 0. The van der Waals surface area contributed by atoms with E-state index in [9.17, 15) is 14.0 Å². The van der Waals surface area contributed by atoms with E-state index in [1.165, 1.54) is 25.1 Å². The van der Waals surface area contributed by atoms with E-state index in [0.717, 1.165) is 12.8 Å². The maximum Gasteiger partial charge on any atom is 0.279 e. The van der Waals surface area contributed by atoms with Gasteiger partial charge in [-0.05, 0) is 25.5 Å². The Labute approximate surface area is 117 Å². The summed E-state index contributed by atoms with van der Waals surface area (Å²) in [5.74, 6) is -1.36. The van der Waals surface area contributed by atoms with Crippen molar-refractivity contribution in [3.8, 4) is 5.75 Å². The van der Waals surface area contributed by atoms with Gasteiger partial charge in [0.2, 0.25) is 5.91 Å². The zero-order valence-electron chi connectivity index (χ0n) is 11.6. The zero-order chi connectivity index (χ0) is 15.0. The molecule has 5 nitrogen and oxygen atoms in total. The summed E-state index contributed by atoms with van der Waals surface area (Å²) in [6.07, 6.45) is 1.08. The van der Waals surface area contributed by atoms with Crippen LogP contribution in [0.3, 0.4) is 0 Å². The predicted molar refractivity (Wildman–Crippen MR) is 72.3 cm³/mol. The number of hydrogen-bond donors (Lipinski definition) is 2. The van der Waals surface area contributed by atoms with E-state index in [-0.39, 0.29) is 11.7 Å². The second kappa shape index (κ2) is 8.14. The van der Waals surface area contributed by atoms with Gasteiger partial charge in [0.1, 0.15) is 0 Å². The van der Waals surface area contributed by atoms with Gasteiger partial charge in [-0.15, -0.1) is 0 Å². The highest BCUT2D eigenvalue weighted by Crippen LogP contribution is 2.16. The number of hydrogen-bond acceptors (Lipinski definition) is 3. The van der Waals surface area contributed by atoms with Crippen LogP contribution in [0.5, 0.6) is 5.75 Å². The van der Waals surface area contributed by atoms with Crippen molar-refractivity contribution in [1.82, 2.24) is 10.9 Å². The van der Waals surface area contributed by atoms with Crippen molar-refractivity contribution < 1.29 is 18.7 Å². The minimum absolute atomic E-state index is 0.00698. The van der Waals surface area contributed by atoms with Crippen molar-refractivity contribution >= 4 is 11.8 Å². The first kappa shape index (κ1) is 15.9. The lowest BCUT2D eigenvalue weighted by molar-refractivity contribution is -0.132. The number of rotatable bonds is 6. The van der Waals surface area contributed by atoms with Gasteiger partial charge in [-0.2, -0.15) is 0 Å². The largest absolute Gasteiger partial charge is 0.478 e. The molecule has 0 radical (unpaired) electrons. The molecule has 110 valence electrons. The maximum absolute atomic E-state index is 13.3. The number of amides is 2. The molecule has 20 heavy (non-hydrogen) atoms. The molecule has 0 saturated heterocycles. The van der Waals surface area contributed by atoms with Crippen LogP contribution in [0.4, 0.5) is 4.39 Å². The fourth-order valence-corrected chi connectivity index (χ4v) is 1.42. The smallest absolute Gasteiger partial charge is 0.279 e. The molecule has 1 aromatic rings. The number of ether oxygens (including phenoxy) is 1. The third-order valence-electron chi connectivity index (χ3n) is 2.59. The van der Waals surface area contributed by atoms with Gasteiger partial charge in [0.05, 0.1) is 0 Å². The fourth-order valence-electron chi connectivity index (χ4n) is 1.42. The Kier molecular flexibility index (Phi) is 6.49. The molecule has 2 amide bonds. The van der Waals surface area contributed by atoms with E-state index in [4.69, 9.17) is 4.74 Å². The van der Waals surface area contributed by atoms with Gasteiger partial charge in [0.15, 0.2) is 17.7 Å². The zero-order valence-corrected chi connectivity index (χ0v) is 11.6. The van der Waals surface area contributed by atoms with E-state index in [1.807, 2.05) is 6.92 Å². The van der Waals surface area contributed by atoms with Crippen LogP contribution in [0.25, 0.3) is 0 Å². The van der Waals surface area contributed by atoms with Crippen LogP contribution in [-0.4, -0.2) is 17.9 Å². The molecule has 0 fully saturated rings. The molecule has 2 N–H and O–H groups in total. The van der Waals surface area contributed by atoms with Gasteiger partial charge in [-0.3, -0.25) is 20.4 Å². The van der Waals surface area contributed by atoms with Crippen molar-refractivity contribution in [2.24, 2.45) is 0 Å². The summed E-state index contributed by atoms with van der Waals surface area (Å²) in [5, 5.41) is 0. The number of nitrogens with one attached hydrogen (secondary N) is 2. The molecule has 0 heterocycles. The molecule has 0 aliphatic carbocycles. The van der Waals surface area contributed by atoms with Crippen LogP contribution in [0.15, 0.2) is 24.3 Å². The number of para-hydroxylation sites is 1. The number of carbonyl (C=O) groups excluding carboxylic acids is 2. The second-order valence-electron chi connectivity index (χ2n) is 4.33. The van der Waals surface area contributed by atoms with Crippen LogP contribution in [0.1, 0.15) is 33.1 Å². The maximum atomic E-state index is 13.3. The first-order valence-corrected chi connectivity index (χ1v) is 6.54. The van der Waals surface area contributed by atoms with Crippen LogP contribution in [0, 0.1) is 5.82 Å². The first-order chi connectivity index (χ1) is 9.54. The molecule has 0 bridgehead atoms. The Hall–Kier alpha value is -2.11. The number of carbonyl (C=O) groups is 2. The number of hydrazine groups is 1. The second-order valence-corrected chi connectivity index (χ2v) is 4.33. The summed E-state index contributed by atoms with van der Waals surface area (Å²) < 4.78 is 18.5. The lowest BCUT2D eigenvalue weighted by Gasteiger charge is -2.15. The Morgan fingerprint density at radius 1 is 1.30 bits per heavy atom. The van der Waals surface area contributed by atoms with Crippen molar-refractivity contribution in [2.45, 2.75) is 39.2 Å². The summed E-state index contributed by atoms with van der Waals surface area (Å²) >= 11 is 0. The van der Waals surface area contributed by atoms with E-state index < -0.39 is 17.8 Å². The highest BCUT2D eigenvalue weighted by Gasteiger charge is 2.16. The van der Waals surface area contributed by atoms with Crippen molar-refractivity contribution in [3.63, 3.8) is 0 Å². The van der Waals surface area contributed by atoms with Crippen LogP contribution in [0.2, 0.25) is 0 Å². The highest BCUT2D eigenvalue weighted by atomic mass is 19.1. The van der Waals surface area contributed by atoms with E-state index in [1.54, 1.807) is 6.07 Å². The van der Waals surface area contributed by atoms with Crippen LogP contribution in [-0.2, 0) is 9.59 Å². The Morgan fingerprint density at radius 3 is 2.65 bits per heavy atom. The van der Waals surface area contributed by atoms with E-state index in [2.05, 4.69) is 10.9 Å². The normalized spacial score (nSPS) is 11.6. The van der Waals surface area contributed by atoms with Gasteiger partial charge >= 0.3 is 0 Å². The molecular formula is C14H19FN2O3. The van der Waals surface area contributed by atoms with Crippen molar-refractivity contribution in [1.29, 1.82) is 0 Å². The first-order valence-electron chi connectivity index (χ1n) is 6.54. The molecule has 0 spiro atoms. The van der Waals surface area contributed by atoms with Gasteiger partial charge in [0, 0.05) is 6.42 Å². The third kappa shape index (κ3) is 5.26. The quantitative estimate of drug-likeness (QED) is 0.783. The van der Waals surface area contributed by atoms with Crippen molar-refractivity contribution in [2.75, 3.05) is 0 Å². The van der Waals surface area contributed by atoms with Crippen LogP contribution < -0.4 is 15.6 Å². The fraction of sp³-hybridized carbons (Fsp3) is 0.429. The summed E-state index contributed by atoms with van der Waals surface area (Å²) in [5.41, 5.74) is 4.53. The lowest BCUT2D eigenvalue weighted by atomic mass is 10.2. The summed E-state index contributed by atoms with van der Waals surface area (Å²) in [6.45, 7) is 3.44. The Balaban J connectivity index is 2.40. The molecule has 1 rings (SSSR count). The Morgan fingerprint density at radius 2 is 2.00 bits per heavy atom. The number of unbranched alkanes of at least 4 members (excludes halogenated alkanes) is 1. The molecule has 0 saturated carbocycles. The van der Waals surface area contributed by atoms with Crippen LogP contribution >= 0.6 is 0 Å². The summed E-state index contributed by atoms with van der Waals surface area (Å²) in [6, 6.07) is 5.81. The average Bonchev–Trinajstić information content (AvgIpc) is 2.44. The minimum atomic E-state index is -0.918. The van der Waals surface area contributed by atoms with Crippen molar-refractivity contribution in [3.05, 3.63) is 30.1 Å². The summed E-state index contributed by atoms with van der Waals surface area (Å²) in [4.78, 5) is 23.0. The molecular weight excluding hydrogens is 263 g/mol. The van der Waals surface area contributed by atoms with Gasteiger partial charge in [-0.1, -0.05) is 25.5 Å². The molecule has 0 aliphatic rings. The standard InChI is InChI=1S/C14H19FN2O3/c1-3-4-9-13(18)16-17-14(19)10(2)20-12-8-6-5-7-11(12)15/h5-8,10H,3-4,9H2,1-2H3,(H,16,18)(H,17,19). The van der Waals surface area contributed by atoms with E-state index >= 15 is 0 Å². The highest BCUT2D eigenvalue weighted by molar-refractivity contribution is 5.84. The number of halogens is 1. The minimum Gasteiger partial charge on any atom is -0.478 e. The molecule has 1 aromatic carbocycles. The van der Waals surface area contributed by atoms with E-state index in [0.29, 0.717) is 6.42 Å². The molecule has 1 atom stereocenters. The molecule has 1 unspecified atom stereocenters. The average molecular weight is 282 g/mol. The van der Waals surface area contributed by atoms with Gasteiger partial charge in [-0.25, -0.2) is 4.39 Å². The molecule has 0 aromatic heterocycles. The van der Waals surface area contributed by atoms with Gasteiger partial charge < -0.3 is 4.74 Å². The third-order valence-corrected chi connectivity index (χ3v) is 2.59. The monoisotopic (exact) mass is 282 g/mol. The lowest BCUT2D eigenvalue weighted by Crippen LogP contribution is -2.47. The Bertz CT molecular complexity index is 465. The molecule has 0 aliphatic heterocycles. The number of benzene rings is 1. The SMILES string of the molecule is CCCCC(=O)NNC(=O)C(C)Oc1ccccc1F. The topological polar surface area (TPSA) is 67.4 Å². The predicted octanol–water partition coefficient (Wildman–Crippen LogP) is 1.93.